The number of hydrogen-bond donors (Lipinski definition) is 0. The summed E-state index contributed by atoms with van der Waals surface area (Å²) in [6.45, 7) is 3.64. The van der Waals surface area contributed by atoms with E-state index in [1.54, 1.807) is 0 Å². The molecule has 0 N–H and O–H groups in total. The van der Waals surface area contributed by atoms with Crippen LogP contribution >= 0.6 is 0 Å². The number of hydrogen-bond acceptors (Lipinski definition) is 0. The van der Waals surface area contributed by atoms with Gasteiger partial charge in [-0.2, -0.15) is 0 Å². The van der Waals surface area contributed by atoms with Gasteiger partial charge in [0.05, 0.1) is 6.04 Å². The second kappa shape index (κ2) is 2.80. The zero-order valence-electron chi connectivity index (χ0n) is 6.84. The van der Waals surface area contributed by atoms with E-state index in [9.17, 15) is 13.2 Å². The Morgan fingerprint density at radius 1 is 1.33 bits per heavy atom. The van der Waals surface area contributed by atoms with Crippen molar-refractivity contribution < 1.29 is 17.7 Å². The second-order valence-corrected chi connectivity index (χ2v) is 2.83. The van der Waals surface area contributed by atoms with Gasteiger partial charge in [0, 0.05) is 0 Å². The molecule has 0 spiro atoms. The topological polar surface area (TPSA) is 8.81 Å². The zero-order valence-corrected chi connectivity index (χ0v) is 6.84. The third-order valence-electron chi connectivity index (χ3n) is 1.55. The van der Waals surface area contributed by atoms with Crippen molar-refractivity contribution in [2.75, 3.05) is 0 Å². The Labute approximate surface area is 68.2 Å². The first kappa shape index (κ1) is 9.09. The van der Waals surface area contributed by atoms with Gasteiger partial charge in [-0.15, -0.1) is 17.7 Å². The van der Waals surface area contributed by atoms with Crippen molar-refractivity contribution >= 4 is 0 Å². The van der Waals surface area contributed by atoms with E-state index >= 15 is 0 Å². The molecule has 1 aromatic heterocycles. The summed E-state index contributed by atoms with van der Waals surface area (Å²) in [5.74, 6) is 0. The van der Waals surface area contributed by atoms with Crippen LogP contribution in [0.25, 0.3) is 0 Å². The van der Waals surface area contributed by atoms with Gasteiger partial charge in [0.2, 0.25) is 0 Å². The smallest absolute Gasteiger partial charge is 0.234 e. The molecule has 68 valence electrons. The van der Waals surface area contributed by atoms with Crippen LogP contribution in [0.1, 0.15) is 19.9 Å². The first-order valence-corrected chi connectivity index (χ1v) is 3.57. The van der Waals surface area contributed by atoms with Crippen LogP contribution in [0.3, 0.4) is 0 Å². The highest BCUT2D eigenvalue weighted by Gasteiger charge is 2.37. The van der Waals surface area contributed by atoms with Gasteiger partial charge in [-0.25, -0.2) is 4.57 Å². The highest BCUT2D eigenvalue weighted by Crippen LogP contribution is 2.20. The molecule has 0 saturated heterocycles. The summed E-state index contributed by atoms with van der Waals surface area (Å²) >= 11 is 0. The molecule has 2 nitrogen and oxygen atoms in total. The molecule has 1 heterocycles. The SMILES string of the molecule is CC(C)[n+]1ccn(C(F)(F)F)c1. The van der Waals surface area contributed by atoms with Crippen LogP contribution in [0.15, 0.2) is 18.7 Å². The Kier molecular flexibility index (Phi) is 2.12. The summed E-state index contributed by atoms with van der Waals surface area (Å²) in [5.41, 5.74) is 0. The molecule has 0 aromatic carbocycles. The summed E-state index contributed by atoms with van der Waals surface area (Å²) in [5, 5.41) is 0. The van der Waals surface area contributed by atoms with Crippen molar-refractivity contribution in [2.45, 2.75) is 26.2 Å². The summed E-state index contributed by atoms with van der Waals surface area (Å²) in [7, 11) is 0. The molecule has 0 amide bonds. The van der Waals surface area contributed by atoms with Crippen LogP contribution in [0.4, 0.5) is 13.2 Å². The highest BCUT2D eigenvalue weighted by molar-refractivity contribution is 4.69. The maximum absolute atomic E-state index is 12.0. The van der Waals surface area contributed by atoms with Crippen molar-refractivity contribution in [1.82, 2.24) is 4.57 Å². The largest absolute Gasteiger partial charge is 0.567 e. The monoisotopic (exact) mass is 179 g/mol. The quantitative estimate of drug-likeness (QED) is 0.581. The van der Waals surface area contributed by atoms with E-state index < -0.39 is 6.30 Å². The molecule has 1 rings (SSSR count). The molecule has 0 bridgehead atoms. The van der Waals surface area contributed by atoms with Gasteiger partial charge in [-0.3, -0.25) is 0 Å². The molecule has 0 aliphatic carbocycles. The lowest BCUT2D eigenvalue weighted by atomic mass is 10.4. The molecule has 0 radical (unpaired) electrons. The number of imidazole rings is 1. The number of nitrogens with zero attached hydrogens (tertiary/aromatic N) is 2. The van der Waals surface area contributed by atoms with Crippen LogP contribution in [0.5, 0.6) is 0 Å². The Balaban J connectivity index is 2.92. The molecule has 0 unspecified atom stereocenters. The van der Waals surface area contributed by atoms with E-state index in [1.165, 1.54) is 10.8 Å². The number of alkyl halides is 3. The van der Waals surface area contributed by atoms with Crippen LogP contribution in [0, 0.1) is 0 Å². The molecule has 12 heavy (non-hydrogen) atoms. The summed E-state index contributed by atoms with van der Waals surface area (Å²) < 4.78 is 37.8. The van der Waals surface area contributed by atoms with E-state index in [-0.39, 0.29) is 10.6 Å². The second-order valence-electron chi connectivity index (χ2n) is 2.83. The fourth-order valence-electron chi connectivity index (χ4n) is 0.825. The molecule has 5 heteroatoms. The first-order valence-electron chi connectivity index (χ1n) is 3.57. The predicted octanol–water partition coefficient (Wildman–Crippen LogP) is 1.83. The summed E-state index contributed by atoms with van der Waals surface area (Å²) in [6.07, 6.45) is -0.872. The van der Waals surface area contributed by atoms with Gasteiger partial charge in [-0.05, 0) is 13.8 Å². The minimum Gasteiger partial charge on any atom is -0.234 e. The van der Waals surface area contributed by atoms with Crippen molar-refractivity contribution in [3.05, 3.63) is 18.7 Å². The normalized spacial score (nSPS) is 12.5. The van der Waals surface area contributed by atoms with Crippen molar-refractivity contribution in [2.24, 2.45) is 0 Å². The van der Waals surface area contributed by atoms with Crippen LogP contribution < -0.4 is 4.57 Å². The predicted molar refractivity (Wildman–Crippen MR) is 36.3 cm³/mol. The molecule has 0 fully saturated rings. The van der Waals surface area contributed by atoms with Crippen LogP contribution in [-0.4, -0.2) is 4.57 Å². The van der Waals surface area contributed by atoms with E-state index in [0.717, 1.165) is 12.5 Å². The number of rotatable bonds is 1. The van der Waals surface area contributed by atoms with E-state index in [1.807, 2.05) is 13.8 Å². The Bertz CT molecular complexity index is 262. The fraction of sp³-hybridized carbons (Fsp3) is 0.571. The molecular formula is C7H10F3N2+. The van der Waals surface area contributed by atoms with Crippen molar-refractivity contribution in [3.63, 3.8) is 0 Å². The summed E-state index contributed by atoms with van der Waals surface area (Å²) in [6, 6.07) is 0.0496. The average Bonchev–Trinajstić information content (AvgIpc) is 2.30. The van der Waals surface area contributed by atoms with E-state index in [4.69, 9.17) is 0 Å². The Morgan fingerprint density at radius 3 is 2.17 bits per heavy atom. The third-order valence-corrected chi connectivity index (χ3v) is 1.55. The minimum atomic E-state index is -4.31. The first-order chi connectivity index (χ1) is 5.41. The lowest BCUT2D eigenvalue weighted by Gasteiger charge is -1.99. The van der Waals surface area contributed by atoms with Gasteiger partial charge < -0.3 is 0 Å². The maximum atomic E-state index is 12.0. The maximum Gasteiger partial charge on any atom is 0.567 e. The molecule has 0 atom stereocenters. The van der Waals surface area contributed by atoms with E-state index in [0.29, 0.717) is 0 Å². The van der Waals surface area contributed by atoms with Gasteiger partial charge >= 0.3 is 6.30 Å². The molecular weight excluding hydrogens is 169 g/mol. The van der Waals surface area contributed by atoms with Crippen LogP contribution in [0.2, 0.25) is 0 Å². The van der Waals surface area contributed by atoms with Gasteiger partial charge in [0.15, 0.2) is 0 Å². The lowest BCUT2D eigenvalue weighted by molar-refractivity contribution is -0.716. The van der Waals surface area contributed by atoms with E-state index in [2.05, 4.69) is 0 Å². The molecule has 0 saturated carbocycles. The highest BCUT2D eigenvalue weighted by atomic mass is 19.4. The fourth-order valence-corrected chi connectivity index (χ4v) is 0.825. The minimum absolute atomic E-state index is 0.0496. The Morgan fingerprint density at radius 2 is 1.92 bits per heavy atom. The average molecular weight is 179 g/mol. The molecule has 1 aromatic rings. The van der Waals surface area contributed by atoms with Gasteiger partial charge in [0.1, 0.15) is 12.4 Å². The van der Waals surface area contributed by atoms with Crippen LogP contribution in [-0.2, 0) is 6.30 Å². The summed E-state index contributed by atoms with van der Waals surface area (Å²) in [4.78, 5) is 0. The number of aromatic nitrogens is 2. The third kappa shape index (κ3) is 1.78. The molecule has 0 aliphatic rings. The zero-order chi connectivity index (χ0) is 9.35. The van der Waals surface area contributed by atoms with Crippen molar-refractivity contribution in [3.8, 4) is 0 Å². The van der Waals surface area contributed by atoms with Crippen molar-refractivity contribution in [1.29, 1.82) is 0 Å². The molecule has 0 aliphatic heterocycles. The number of halogens is 3. The Hall–Kier alpha value is -1.00. The standard InChI is InChI=1S/C7H10F3N2/c1-6(2)11-3-4-12(5-11)7(8,9)10/h3-6H,1-2H3/q+1. The van der Waals surface area contributed by atoms with Gasteiger partial charge in [0.25, 0.3) is 6.33 Å². The lowest BCUT2D eigenvalue weighted by Crippen LogP contribution is -2.34. The van der Waals surface area contributed by atoms with Gasteiger partial charge in [-0.1, -0.05) is 0 Å².